The van der Waals surface area contributed by atoms with Gasteiger partial charge in [-0.2, -0.15) is 13.5 Å². The molecule has 8 heteroatoms. The highest BCUT2D eigenvalue weighted by Gasteiger charge is 2.23. The number of hydrogen-bond acceptors (Lipinski definition) is 4. The van der Waals surface area contributed by atoms with Gasteiger partial charge in [-0.15, -0.1) is 0 Å². The van der Waals surface area contributed by atoms with Crippen LogP contribution in [-0.2, 0) is 17.1 Å². The Balaban J connectivity index is 2.47. The largest absolute Gasteiger partial charge is 0.398 e. The fourth-order valence-corrected chi connectivity index (χ4v) is 3.65. The van der Waals surface area contributed by atoms with Gasteiger partial charge in [0, 0.05) is 12.7 Å². The van der Waals surface area contributed by atoms with Crippen molar-refractivity contribution < 1.29 is 8.42 Å². The van der Waals surface area contributed by atoms with Crippen molar-refractivity contribution in [3.63, 3.8) is 0 Å². The van der Waals surface area contributed by atoms with Crippen LogP contribution in [0.1, 0.15) is 11.1 Å². The molecule has 0 fully saturated rings. The van der Waals surface area contributed by atoms with Crippen molar-refractivity contribution in [3.05, 3.63) is 34.5 Å². The average molecular weight is 315 g/mol. The molecule has 2 aromatic rings. The zero-order valence-electron chi connectivity index (χ0n) is 11.3. The van der Waals surface area contributed by atoms with Crippen LogP contribution >= 0.6 is 11.6 Å². The summed E-state index contributed by atoms with van der Waals surface area (Å²) in [5, 5.41) is 3.80. The summed E-state index contributed by atoms with van der Waals surface area (Å²) in [5.41, 5.74) is 8.45. The Morgan fingerprint density at radius 3 is 2.55 bits per heavy atom. The van der Waals surface area contributed by atoms with E-state index in [9.17, 15) is 8.42 Å². The molecule has 2 rings (SSSR count). The van der Waals surface area contributed by atoms with Crippen LogP contribution in [-0.4, -0.2) is 18.2 Å². The molecule has 1 aromatic heterocycles. The zero-order valence-corrected chi connectivity index (χ0v) is 12.9. The molecule has 0 unspecified atom stereocenters. The topological polar surface area (TPSA) is 90.0 Å². The minimum atomic E-state index is -3.82. The van der Waals surface area contributed by atoms with Gasteiger partial charge in [-0.1, -0.05) is 17.7 Å². The van der Waals surface area contributed by atoms with Crippen LogP contribution < -0.4 is 10.5 Å². The monoisotopic (exact) mass is 314 g/mol. The van der Waals surface area contributed by atoms with Crippen LogP contribution in [0.3, 0.4) is 0 Å². The maximum atomic E-state index is 12.4. The first-order chi connectivity index (χ1) is 9.24. The van der Waals surface area contributed by atoms with E-state index in [4.69, 9.17) is 17.3 Å². The second-order valence-corrected chi connectivity index (χ2v) is 6.50. The van der Waals surface area contributed by atoms with Crippen LogP contribution in [0.4, 0.5) is 11.4 Å². The number of anilines is 2. The van der Waals surface area contributed by atoms with E-state index in [0.717, 1.165) is 5.56 Å². The summed E-state index contributed by atoms with van der Waals surface area (Å²) in [6.45, 7) is 3.61. The lowest BCUT2D eigenvalue weighted by molar-refractivity contribution is 0.582. The Labute approximate surface area is 122 Å². The summed E-state index contributed by atoms with van der Waals surface area (Å²) in [7, 11) is -2.31. The predicted octanol–water partition coefficient (Wildman–Crippen LogP) is 2.07. The lowest BCUT2D eigenvalue weighted by atomic mass is 10.1. The Morgan fingerprint density at radius 2 is 2.00 bits per heavy atom. The standard InChI is InChI=1S/C12H15ClN4O2S/c1-7-4-5-10(8(2)11(7)14)16-20(18,19)12-9(13)6-15-17(12)3/h4-6,16H,14H2,1-3H3. The number of nitrogens with zero attached hydrogens (tertiary/aromatic N) is 2. The fraction of sp³-hybridized carbons (Fsp3) is 0.250. The van der Waals surface area contributed by atoms with Crippen LogP contribution in [0.5, 0.6) is 0 Å². The van der Waals surface area contributed by atoms with Crippen LogP contribution in [0, 0.1) is 13.8 Å². The van der Waals surface area contributed by atoms with Crippen molar-refractivity contribution in [3.8, 4) is 0 Å². The van der Waals surface area contributed by atoms with Gasteiger partial charge in [0.2, 0.25) is 0 Å². The zero-order chi connectivity index (χ0) is 15.1. The van der Waals surface area contributed by atoms with Crippen LogP contribution in [0.25, 0.3) is 0 Å². The van der Waals surface area contributed by atoms with E-state index in [-0.39, 0.29) is 10.0 Å². The highest BCUT2D eigenvalue weighted by molar-refractivity contribution is 7.92. The van der Waals surface area contributed by atoms with Gasteiger partial charge in [0.25, 0.3) is 10.0 Å². The molecule has 0 aliphatic carbocycles. The number of nitrogens with two attached hydrogens (primary N) is 1. The van der Waals surface area contributed by atoms with E-state index in [1.54, 1.807) is 19.1 Å². The number of nitrogen functional groups attached to an aromatic ring is 1. The number of sulfonamides is 1. The van der Waals surface area contributed by atoms with Gasteiger partial charge >= 0.3 is 0 Å². The third-order valence-electron chi connectivity index (χ3n) is 3.07. The molecule has 108 valence electrons. The van der Waals surface area contributed by atoms with Crippen molar-refractivity contribution >= 4 is 33.0 Å². The minimum absolute atomic E-state index is 0.0673. The van der Waals surface area contributed by atoms with Gasteiger partial charge in [-0.25, -0.2) is 0 Å². The van der Waals surface area contributed by atoms with Gasteiger partial charge in [-0.3, -0.25) is 9.40 Å². The molecule has 0 bridgehead atoms. The SMILES string of the molecule is Cc1ccc(NS(=O)(=O)c2c(Cl)cnn2C)c(C)c1N. The Hall–Kier alpha value is -1.73. The molecule has 3 N–H and O–H groups in total. The number of aromatic nitrogens is 2. The summed E-state index contributed by atoms with van der Waals surface area (Å²) in [6, 6.07) is 3.42. The van der Waals surface area contributed by atoms with Crippen molar-refractivity contribution in [1.29, 1.82) is 0 Å². The smallest absolute Gasteiger partial charge is 0.280 e. The van der Waals surface area contributed by atoms with Gasteiger partial charge in [0.05, 0.1) is 16.9 Å². The summed E-state index contributed by atoms with van der Waals surface area (Å²) in [4.78, 5) is 0. The quantitative estimate of drug-likeness (QED) is 0.849. The van der Waals surface area contributed by atoms with E-state index in [2.05, 4.69) is 9.82 Å². The Morgan fingerprint density at radius 1 is 1.35 bits per heavy atom. The first-order valence-electron chi connectivity index (χ1n) is 5.80. The molecule has 1 heterocycles. The van der Waals surface area contributed by atoms with Crippen molar-refractivity contribution in [2.45, 2.75) is 18.9 Å². The van der Waals surface area contributed by atoms with Gasteiger partial charge < -0.3 is 5.73 Å². The molecule has 0 amide bonds. The molecular formula is C12H15ClN4O2S. The molecule has 1 aromatic carbocycles. The summed E-state index contributed by atoms with van der Waals surface area (Å²) < 4.78 is 28.4. The molecule has 0 saturated heterocycles. The first kappa shape index (κ1) is 14.7. The van der Waals surface area contributed by atoms with E-state index < -0.39 is 10.0 Å². The Bertz CT molecular complexity index is 749. The number of benzene rings is 1. The Kier molecular flexibility index (Phi) is 3.66. The second kappa shape index (κ2) is 4.99. The number of halogens is 1. The van der Waals surface area contributed by atoms with Gasteiger partial charge in [0.15, 0.2) is 5.03 Å². The third kappa shape index (κ3) is 2.46. The fourth-order valence-electron chi connectivity index (χ4n) is 1.87. The van der Waals surface area contributed by atoms with E-state index in [1.165, 1.54) is 17.9 Å². The average Bonchev–Trinajstić information content (AvgIpc) is 2.70. The highest BCUT2D eigenvalue weighted by Crippen LogP contribution is 2.28. The molecule has 6 nitrogen and oxygen atoms in total. The molecule has 0 atom stereocenters. The molecule has 0 saturated carbocycles. The molecule has 0 aliphatic heterocycles. The van der Waals surface area contributed by atoms with Gasteiger partial charge in [0.1, 0.15) is 0 Å². The summed E-state index contributed by atoms with van der Waals surface area (Å²) in [6.07, 6.45) is 1.28. The lowest BCUT2D eigenvalue weighted by Gasteiger charge is -2.13. The third-order valence-corrected chi connectivity index (χ3v) is 4.94. The van der Waals surface area contributed by atoms with Crippen molar-refractivity contribution in [1.82, 2.24) is 9.78 Å². The van der Waals surface area contributed by atoms with Gasteiger partial charge in [-0.05, 0) is 31.0 Å². The number of nitrogens with one attached hydrogen (secondary N) is 1. The summed E-state index contributed by atoms with van der Waals surface area (Å²) in [5.74, 6) is 0. The highest BCUT2D eigenvalue weighted by atomic mass is 35.5. The van der Waals surface area contributed by atoms with Crippen molar-refractivity contribution in [2.24, 2.45) is 7.05 Å². The molecule has 0 aliphatic rings. The van der Waals surface area contributed by atoms with E-state index >= 15 is 0 Å². The minimum Gasteiger partial charge on any atom is -0.398 e. The first-order valence-corrected chi connectivity index (χ1v) is 7.66. The van der Waals surface area contributed by atoms with E-state index in [0.29, 0.717) is 16.9 Å². The maximum Gasteiger partial charge on any atom is 0.280 e. The number of aryl methyl sites for hydroxylation is 2. The lowest BCUT2D eigenvalue weighted by Crippen LogP contribution is -2.18. The molecule has 0 spiro atoms. The van der Waals surface area contributed by atoms with Crippen LogP contribution in [0.15, 0.2) is 23.4 Å². The maximum absolute atomic E-state index is 12.4. The normalized spacial score (nSPS) is 11.6. The summed E-state index contributed by atoms with van der Waals surface area (Å²) >= 11 is 5.86. The van der Waals surface area contributed by atoms with Crippen LogP contribution in [0.2, 0.25) is 5.02 Å². The number of rotatable bonds is 3. The van der Waals surface area contributed by atoms with E-state index in [1.807, 2.05) is 6.92 Å². The second-order valence-electron chi connectivity index (χ2n) is 4.50. The molecule has 0 radical (unpaired) electrons. The predicted molar refractivity (Wildman–Crippen MR) is 79.4 cm³/mol. The van der Waals surface area contributed by atoms with Crippen molar-refractivity contribution in [2.75, 3.05) is 10.5 Å². The molecular weight excluding hydrogens is 300 g/mol. The molecule has 20 heavy (non-hydrogen) atoms. The number of hydrogen-bond donors (Lipinski definition) is 2.